The average Bonchev–Trinajstić information content (AvgIpc) is 3.53. The molecule has 1 unspecified atom stereocenters. The van der Waals surface area contributed by atoms with Crippen LogP contribution in [0.4, 0.5) is 8.78 Å². The average molecular weight is 690 g/mol. The molecule has 3 amide bonds. The number of nitrogens with two attached hydrogens (primary N) is 1. The van der Waals surface area contributed by atoms with Gasteiger partial charge in [0.2, 0.25) is 17.7 Å². The number of amides is 3. The van der Waals surface area contributed by atoms with Gasteiger partial charge in [-0.1, -0.05) is 68.5 Å². The van der Waals surface area contributed by atoms with Crippen LogP contribution in [0, 0.1) is 11.6 Å². The molecule has 3 atom stereocenters. The molecule has 1 fully saturated rings. The Kier molecular flexibility index (Phi) is 13.7. The van der Waals surface area contributed by atoms with Gasteiger partial charge in [0, 0.05) is 45.1 Å². The zero-order chi connectivity index (χ0) is 36.4. The fourth-order valence-electron chi connectivity index (χ4n) is 6.69. The van der Waals surface area contributed by atoms with Crippen LogP contribution >= 0.6 is 0 Å². The maximum Gasteiger partial charge on any atom is 0.246 e. The highest BCUT2D eigenvalue weighted by Gasteiger charge is 2.35. The molecule has 0 spiro atoms. The molecule has 0 aromatic heterocycles. The number of fused-ring (bicyclic) bond motifs is 1. The number of hydrogen-bond acceptors (Lipinski definition) is 5. The minimum absolute atomic E-state index is 0.0402. The van der Waals surface area contributed by atoms with Crippen LogP contribution in [-0.2, 0) is 27.2 Å². The van der Waals surface area contributed by atoms with Crippen LogP contribution in [0.25, 0.3) is 10.8 Å². The number of benzene rings is 3. The number of likely N-dealkylation sites (N-methyl/N-ethyl adjacent to an activating group) is 2. The van der Waals surface area contributed by atoms with E-state index in [1.54, 1.807) is 13.1 Å². The van der Waals surface area contributed by atoms with Crippen molar-refractivity contribution in [2.24, 2.45) is 5.73 Å². The first kappa shape index (κ1) is 38.6. The number of nitrogens with zero attached hydrogens (tertiary/aromatic N) is 3. The van der Waals surface area contributed by atoms with Crippen molar-refractivity contribution in [3.05, 3.63) is 95.6 Å². The molecular formula is C40H53F2N5O3. The lowest BCUT2D eigenvalue weighted by Gasteiger charge is -2.34. The van der Waals surface area contributed by atoms with E-state index in [0.29, 0.717) is 24.6 Å². The van der Waals surface area contributed by atoms with Crippen molar-refractivity contribution < 1.29 is 23.2 Å². The van der Waals surface area contributed by atoms with Crippen LogP contribution < -0.4 is 11.1 Å². The first-order chi connectivity index (χ1) is 23.9. The predicted octanol–water partition coefficient (Wildman–Crippen LogP) is 5.62. The number of carbonyl (C=O) groups excluding carboxylic acids is 3. The van der Waals surface area contributed by atoms with Crippen LogP contribution in [0.3, 0.4) is 0 Å². The van der Waals surface area contributed by atoms with E-state index in [1.807, 2.05) is 56.3 Å². The third kappa shape index (κ3) is 9.97. The lowest BCUT2D eigenvalue weighted by molar-refractivity contribution is -0.146. The van der Waals surface area contributed by atoms with Gasteiger partial charge in [-0.15, -0.1) is 0 Å². The molecule has 270 valence electrons. The van der Waals surface area contributed by atoms with Crippen molar-refractivity contribution in [3.63, 3.8) is 0 Å². The van der Waals surface area contributed by atoms with E-state index < -0.39 is 41.1 Å². The number of rotatable bonds is 16. The summed E-state index contributed by atoms with van der Waals surface area (Å²) in [4.78, 5) is 47.0. The van der Waals surface area contributed by atoms with Crippen molar-refractivity contribution >= 4 is 28.5 Å². The van der Waals surface area contributed by atoms with E-state index in [1.165, 1.54) is 29.0 Å². The van der Waals surface area contributed by atoms with E-state index in [-0.39, 0.29) is 18.7 Å². The second-order valence-corrected chi connectivity index (χ2v) is 13.8. The van der Waals surface area contributed by atoms with Gasteiger partial charge in [0.25, 0.3) is 0 Å². The molecule has 0 saturated carbocycles. The minimum atomic E-state index is -1.04. The van der Waals surface area contributed by atoms with Gasteiger partial charge >= 0.3 is 0 Å². The quantitative estimate of drug-likeness (QED) is 0.190. The predicted molar refractivity (Wildman–Crippen MR) is 195 cm³/mol. The van der Waals surface area contributed by atoms with E-state index in [2.05, 4.69) is 17.3 Å². The van der Waals surface area contributed by atoms with Crippen LogP contribution in [0.1, 0.15) is 63.5 Å². The maximum atomic E-state index is 14.5. The van der Waals surface area contributed by atoms with E-state index in [9.17, 15) is 23.2 Å². The monoisotopic (exact) mass is 689 g/mol. The summed E-state index contributed by atoms with van der Waals surface area (Å²) in [6, 6.07) is 15.7. The van der Waals surface area contributed by atoms with E-state index in [4.69, 9.17) is 5.73 Å². The highest BCUT2D eigenvalue weighted by atomic mass is 19.2. The minimum Gasteiger partial charge on any atom is -0.354 e. The van der Waals surface area contributed by atoms with Crippen molar-refractivity contribution in [3.8, 4) is 0 Å². The Hall–Kier alpha value is -4.15. The van der Waals surface area contributed by atoms with Crippen molar-refractivity contribution in [2.75, 3.05) is 34.2 Å². The van der Waals surface area contributed by atoms with Gasteiger partial charge in [0.15, 0.2) is 11.6 Å². The van der Waals surface area contributed by atoms with Gasteiger partial charge in [-0.05, 0) is 92.2 Å². The molecule has 4 rings (SSSR count). The Bertz CT molecular complexity index is 1660. The highest BCUT2D eigenvalue weighted by molar-refractivity contribution is 5.95. The molecule has 3 aromatic carbocycles. The molecule has 1 heterocycles. The smallest absolute Gasteiger partial charge is 0.246 e. The first-order valence-electron chi connectivity index (χ1n) is 17.7. The van der Waals surface area contributed by atoms with Crippen molar-refractivity contribution in [2.45, 2.75) is 88.9 Å². The zero-order valence-corrected chi connectivity index (χ0v) is 30.1. The Morgan fingerprint density at radius 3 is 2.26 bits per heavy atom. The SMILES string of the molecule is CCC(N)(CC)CC=CC(=O)N(C)[C@H](Cc1ccc2ccccc2c1)C(=O)N(C)[C@H](Cc1ccc(F)c(F)c1)C(=O)NCCC1CCCN1C. The van der Waals surface area contributed by atoms with Gasteiger partial charge in [0.05, 0.1) is 0 Å². The Morgan fingerprint density at radius 2 is 1.60 bits per heavy atom. The number of nitrogens with one attached hydrogen (secondary N) is 1. The third-order valence-electron chi connectivity index (χ3n) is 10.5. The highest BCUT2D eigenvalue weighted by Crippen LogP contribution is 2.22. The molecule has 50 heavy (non-hydrogen) atoms. The Balaban J connectivity index is 1.63. The lowest BCUT2D eigenvalue weighted by Crippen LogP contribution is -2.56. The van der Waals surface area contributed by atoms with Crippen LogP contribution in [0.15, 0.2) is 72.8 Å². The van der Waals surface area contributed by atoms with Crippen LogP contribution in [0.2, 0.25) is 0 Å². The zero-order valence-electron chi connectivity index (χ0n) is 30.1. The molecule has 1 aliphatic heterocycles. The molecule has 3 N–H and O–H groups in total. The van der Waals surface area contributed by atoms with Gasteiger partial charge in [0.1, 0.15) is 12.1 Å². The van der Waals surface area contributed by atoms with Crippen LogP contribution in [-0.4, -0.2) is 90.3 Å². The molecule has 0 radical (unpaired) electrons. The Labute approximate surface area is 295 Å². The second-order valence-electron chi connectivity index (χ2n) is 13.8. The number of likely N-dealkylation sites (tertiary alicyclic amines) is 1. The second kappa shape index (κ2) is 17.7. The molecule has 0 bridgehead atoms. The molecule has 1 saturated heterocycles. The maximum absolute atomic E-state index is 14.5. The fourth-order valence-corrected chi connectivity index (χ4v) is 6.69. The molecule has 10 heteroatoms. The summed E-state index contributed by atoms with van der Waals surface area (Å²) in [5.74, 6) is -3.24. The molecule has 3 aromatic rings. The largest absolute Gasteiger partial charge is 0.354 e. The van der Waals surface area contributed by atoms with Gasteiger partial charge < -0.3 is 25.8 Å². The van der Waals surface area contributed by atoms with Gasteiger partial charge in [-0.25, -0.2) is 8.78 Å². The van der Waals surface area contributed by atoms with Crippen molar-refractivity contribution in [1.82, 2.24) is 20.0 Å². The van der Waals surface area contributed by atoms with Gasteiger partial charge in [-0.3, -0.25) is 14.4 Å². The summed E-state index contributed by atoms with van der Waals surface area (Å²) in [5, 5.41) is 5.04. The molecule has 1 aliphatic rings. The molecular weight excluding hydrogens is 636 g/mol. The summed E-state index contributed by atoms with van der Waals surface area (Å²) in [5.41, 5.74) is 7.24. The summed E-state index contributed by atoms with van der Waals surface area (Å²) >= 11 is 0. The standard InChI is InChI=1S/C40H53F2N5O3/c1-6-40(43,7-2)21-10-15-37(48)46(4)36(27-28-16-18-30-12-8-9-13-31(30)24-28)39(50)47(5)35(26-29-17-19-33(41)34(42)25-29)38(49)44-22-20-32-14-11-23-45(32)3/h8-10,12-13,15-19,24-25,32,35-36H,6-7,11,14,20-23,26-27,43H2,1-5H3,(H,44,49)/t32?,35-,36-/m1/s1. The normalized spacial score (nSPS) is 16.4. The summed E-state index contributed by atoms with van der Waals surface area (Å²) in [6.45, 7) is 5.45. The molecule has 8 nitrogen and oxygen atoms in total. The van der Waals surface area contributed by atoms with Gasteiger partial charge in [-0.2, -0.15) is 0 Å². The molecule has 0 aliphatic carbocycles. The summed E-state index contributed by atoms with van der Waals surface area (Å²) in [7, 11) is 5.19. The van der Waals surface area contributed by atoms with Crippen LogP contribution in [0.5, 0.6) is 0 Å². The van der Waals surface area contributed by atoms with E-state index in [0.717, 1.165) is 67.1 Å². The number of halogens is 2. The van der Waals surface area contributed by atoms with E-state index >= 15 is 0 Å². The first-order valence-corrected chi connectivity index (χ1v) is 17.7. The lowest BCUT2D eigenvalue weighted by atomic mass is 9.90. The number of carbonyl (C=O) groups is 3. The fraction of sp³-hybridized carbons (Fsp3) is 0.475. The Morgan fingerprint density at radius 1 is 0.940 bits per heavy atom. The topological polar surface area (TPSA) is 99.0 Å². The summed E-state index contributed by atoms with van der Waals surface area (Å²) < 4.78 is 28.1. The third-order valence-corrected chi connectivity index (χ3v) is 10.5. The van der Waals surface area contributed by atoms with Crippen molar-refractivity contribution in [1.29, 1.82) is 0 Å². The number of hydrogen-bond donors (Lipinski definition) is 2. The summed E-state index contributed by atoms with van der Waals surface area (Å²) in [6.07, 6.45) is 8.31.